The van der Waals surface area contributed by atoms with Crippen molar-refractivity contribution in [3.8, 4) is 5.75 Å². The summed E-state index contributed by atoms with van der Waals surface area (Å²) in [5, 5.41) is 29.2. The molecule has 0 fully saturated rings. The molecule has 0 aliphatic carbocycles. The first-order chi connectivity index (χ1) is 17.5. The number of carboxylic acids is 1. The van der Waals surface area contributed by atoms with Crippen molar-refractivity contribution in [3.05, 3.63) is 95.1 Å². The fraction of sp³-hybridized carbons (Fsp3) is 0.125. The van der Waals surface area contributed by atoms with E-state index in [4.69, 9.17) is 0 Å². The number of hydrogen-bond donors (Lipinski definition) is 3. The second kappa shape index (κ2) is 13.5. The Morgan fingerprint density at radius 1 is 0.775 bits per heavy atom. The van der Waals surface area contributed by atoms with Gasteiger partial charge in [-0.25, -0.2) is 17.8 Å². The quantitative estimate of drug-likeness (QED) is 0.209. The Morgan fingerprint density at radius 2 is 1.32 bits per heavy atom. The van der Waals surface area contributed by atoms with E-state index in [1.807, 2.05) is 0 Å². The molecule has 0 aromatic heterocycles. The molecule has 0 aliphatic heterocycles. The van der Waals surface area contributed by atoms with Crippen molar-refractivity contribution in [2.75, 3.05) is 0 Å². The second-order valence-corrected chi connectivity index (χ2v) is 9.21. The third-order valence-corrected chi connectivity index (χ3v) is 6.57. The second-order valence-electron chi connectivity index (χ2n) is 7.73. The van der Waals surface area contributed by atoms with Gasteiger partial charge in [0.2, 0.25) is 0 Å². The van der Waals surface area contributed by atoms with Crippen LogP contribution in [0, 0.1) is 11.6 Å². The summed E-state index contributed by atoms with van der Waals surface area (Å²) in [5.74, 6) is -4.48. The molecule has 1 atom stereocenters. The van der Waals surface area contributed by atoms with Crippen LogP contribution in [0.25, 0.3) is 5.57 Å². The van der Waals surface area contributed by atoms with Crippen molar-refractivity contribution in [1.29, 1.82) is 0 Å². The molecule has 5 nitrogen and oxygen atoms in total. The summed E-state index contributed by atoms with van der Waals surface area (Å²) in [6, 6.07) is 7.48. The first kappa shape index (κ1) is 36.2. The van der Waals surface area contributed by atoms with Crippen molar-refractivity contribution >= 4 is 81.5 Å². The normalized spacial score (nSPS) is 13.2. The molecular weight excluding hydrogens is 598 g/mol. The van der Waals surface area contributed by atoms with Gasteiger partial charge >= 0.3 is 18.3 Å². The van der Waals surface area contributed by atoms with Crippen LogP contribution in [0.4, 0.5) is 35.1 Å². The van der Waals surface area contributed by atoms with Crippen LogP contribution in [0.1, 0.15) is 16.7 Å². The van der Waals surface area contributed by atoms with Gasteiger partial charge in [-0.15, -0.1) is 0 Å². The zero-order chi connectivity index (χ0) is 28.6. The monoisotopic (exact) mass is 612 g/mol. The minimum absolute atomic E-state index is 0. The molecule has 0 heterocycles. The molecule has 0 saturated heterocycles. The molecule has 2 radical (unpaired) electrons. The summed E-state index contributed by atoms with van der Waals surface area (Å²) in [5.41, 5.74) is -7.58. The topological polar surface area (TPSA) is 94.8 Å². The smallest absolute Gasteiger partial charge is 0.430 e. The third-order valence-electron chi connectivity index (χ3n) is 5.22. The van der Waals surface area contributed by atoms with E-state index in [0.717, 1.165) is 30.3 Å². The summed E-state index contributed by atoms with van der Waals surface area (Å²) < 4.78 is 120. The summed E-state index contributed by atoms with van der Waals surface area (Å²) in [7, 11) is -2.68. The molecule has 1 unspecified atom stereocenters. The number of rotatable bonds is 6. The van der Waals surface area contributed by atoms with E-state index in [1.54, 1.807) is 0 Å². The van der Waals surface area contributed by atoms with Crippen LogP contribution >= 0.6 is 0 Å². The van der Waals surface area contributed by atoms with E-state index in [-0.39, 0.29) is 87.9 Å². The summed E-state index contributed by atoms with van der Waals surface area (Å²) in [6.07, 6.45) is -12.0. The molecule has 16 heteroatoms. The number of hydrogen-bond acceptors (Lipinski definition) is 4. The number of aromatic hydroxyl groups is 1. The third kappa shape index (κ3) is 7.53. The molecule has 204 valence electrons. The minimum atomic E-state index is -6.31. The van der Waals surface area contributed by atoms with Crippen molar-refractivity contribution in [3.63, 3.8) is 0 Å². The molecule has 3 rings (SSSR count). The van der Waals surface area contributed by atoms with E-state index in [1.165, 1.54) is 12.1 Å². The number of benzene rings is 3. The molecule has 3 aromatic rings. The maximum absolute atomic E-state index is 14.1. The Balaban J connectivity index is 0.00000400. The van der Waals surface area contributed by atoms with E-state index >= 15 is 0 Å². The fourth-order valence-corrected chi connectivity index (χ4v) is 4.56. The van der Waals surface area contributed by atoms with Gasteiger partial charge in [-0.1, -0.05) is 12.1 Å². The predicted molar refractivity (Wildman–Crippen MR) is 128 cm³/mol. The Labute approximate surface area is 267 Å². The van der Waals surface area contributed by atoms with Gasteiger partial charge in [0.25, 0.3) is 5.60 Å². The molecule has 3 N–H and O–H groups in total. The van der Waals surface area contributed by atoms with Crippen LogP contribution in [-0.4, -0.2) is 97.0 Å². The van der Waals surface area contributed by atoms with E-state index in [2.05, 4.69) is 0 Å². The van der Waals surface area contributed by atoms with Crippen LogP contribution in [0.5, 0.6) is 5.75 Å². The van der Waals surface area contributed by atoms with Gasteiger partial charge in [0.15, 0.2) is 0 Å². The van der Waals surface area contributed by atoms with Gasteiger partial charge in [-0.3, -0.25) is 0 Å². The number of aliphatic carboxylic acids is 1. The number of carbonyl (C=O) groups is 1. The van der Waals surface area contributed by atoms with Gasteiger partial charge < -0.3 is 15.3 Å². The fourth-order valence-electron chi connectivity index (χ4n) is 3.43. The number of phenolic OH excluding ortho intramolecular Hbond substituents is 1. The van der Waals surface area contributed by atoms with E-state index in [9.17, 15) is 59.4 Å². The SMILES string of the molecule is O=C(O)C=C(c1ccc(F)cc1)c1ccc(S(=O)c2cc(F)cc(C(O)(C(F)(F)F)C(F)(F)F)c2)cc1O.[Na].[Na]. The van der Waals surface area contributed by atoms with E-state index in [0.29, 0.717) is 12.1 Å². The number of halogens is 8. The van der Waals surface area contributed by atoms with Crippen molar-refractivity contribution < 1.29 is 59.4 Å². The molecule has 0 bridgehead atoms. The zero-order valence-electron chi connectivity index (χ0n) is 20.4. The largest absolute Gasteiger partial charge is 0.507 e. The standard InChI is InChI=1S/C24H14F8O5S.2Na/c25-14-3-1-12(2-4-14)19(11-21(34)35)18-6-5-16(10-20(18)33)38(37)17-8-13(7-15(26)9-17)22(36,23(27,28)29)24(30,31)32;;/h1-11,33,36H,(H,34,35);;. The van der Waals surface area contributed by atoms with Gasteiger partial charge in [-0.2, -0.15) is 26.3 Å². The Morgan fingerprint density at radius 3 is 1.80 bits per heavy atom. The van der Waals surface area contributed by atoms with Crippen molar-refractivity contribution in [1.82, 2.24) is 0 Å². The molecule has 0 saturated carbocycles. The van der Waals surface area contributed by atoms with Crippen LogP contribution in [0.2, 0.25) is 0 Å². The Kier molecular flexibility index (Phi) is 12.2. The number of aliphatic hydroxyl groups is 1. The van der Waals surface area contributed by atoms with Crippen LogP contribution < -0.4 is 0 Å². The molecule has 40 heavy (non-hydrogen) atoms. The predicted octanol–water partition coefficient (Wildman–Crippen LogP) is 4.90. The Bertz CT molecular complexity index is 1430. The van der Waals surface area contributed by atoms with E-state index < -0.39 is 67.5 Å². The molecule has 0 aliphatic rings. The Hall–Kier alpha value is -1.78. The zero-order valence-corrected chi connectivity index (χ0v) is 25.3. The first-order valence-electron chi connectivity index (χ1n) is 10.1. The molecular formula is C24H14F8Na2O5S. The molecule has 0 spiro atoms. The average molecular weight is 612 g/mol. The number of alkyl halides is 6. The van der Waals surface area contributed by atoms with Gasteiger partial charge in [-0.05, 0) is 59.7 Å². The molecule has 3 aromatic carbocycles. The van der Waals surface area contributed by atoms with Crippen LogP contribution in [0.3, 0.4) is 0 Å². The minimum Gasteiger partial charge on any atom is -0.507 e. The summed E-state index contributed by atoms with van der Waals surface area (Å²) >= 11 is 0. The maximum atomic E-state index is 14.1. The maximum Gasteiger partial charge on any atom is 0.430 e. The first-order valence-corrected chi connectivity index (χ1v) is 11.2. The van der Waals surface area contributed by atoms with Crippen molar-refractivity contribution in [2.45, 2.75) is 27.7 Å². The molecule has 0 amide bonds. The average Bonchev–Trinajstić information content (AvgIpc) is 2.80. The van der Waals surface area contributed by atoms with Crippen LogP contribution in [-0.2, 0) is 21.2 Å². The van der Waals surface area contributed by atoms with Crippen molar-refractivity contribution in [2.24, 2.45) is 0 Å². The summed E-state index contributed by atoms with van der Waals surface area (Å²) in [4.78, 5) is 9.96. The number of carboxylic acid groups (broad SMARTS) is 1. The van der Waals surface area contributed by atoms with Gasteiger partial charge in [0, 0.05) is 86.1 Å². The van der Waals surface area contributed by atoms with Gasteiger partial charge in [0.1, 0.15) is 17.4 Å². The van der Waals surface area contributed by atoms with Crippen LogP contribution in [0.15, 0.2) is 76.5 Å². The summed E-state index contributed by atoms with van der Waals surface area (Å²) in [6.45, 7) is 0. The van der Waals surface area contributed by atoms with Gasteiger partial charge in [0.05, 0.1) is 10.8 Å². The number of phenols is 1.